The molecule has 7 heteroatoms. The average molecular weight is 390 g/mol. The summed E-state index contributed by atoms with van der Waals surface area (Å²) in [6.45, 7) is 1.72. The third kappa shape index (κ3) is 3.17. The molecule has 3 rings (SSSR count). The van der Waals surface area contributed by atoms with Crippen LogP contribution in [0.3, 0.4) is 0 Å². The normalized spacial score (nSPS) is 30.5. The van der Waals surface area contributed by atoms with Gasteiger partial charge in [-0.1, -0.05) is 18.9 Å². The van der Waals surface area contributed by atoms with Crippen LogP contribution in [0.2, 0.25) is 0 Å². The van der Waals surface area contributed by atoms with Gasteiger partial charge in [0, 0.05) is 18.4 Å². The van der Waals surface area contributed by atoms with E-state index in [9.17, 15) is 19.5 Å². The van der Waals surface area contributed by atoms with Gasteiger partial charge in [-0.3, -0.25) is 4.79 Å². The van der Waals surface area contributed by atoms with Crippen LogP contribution >= 0.6 is 0 Å². The Morgan fingerprint density at radius 3 is 2.75 bits per heavy atom. The second-order valence-electron chi connectivity index (χ2n) is 7.40. The Bertz CT molecular complexity index is 779. The molecule has 0 amide bonds. The molecule has 0 bridgehead atoms. The third-order valence-corrected chi connectivity index (χ3v) is 5.91. The average Bonchev–Trinajstić information content (AvgIpc) is 3.16. The van der Waals surface area contributed by atoms with E-state index >= 15 is 0 Å². The first-order chi connectivity index (χ1) is 13.4. The number of hydrogen-bond acceptors (Lipinski definition) is 7. The Labute approximate surface area is 163 Å². The van der Waals surface area contributed by atoms with E-state index in [0.29, 0.717) is 18.6 Å². The van der Waals surface area contributed by atoms with Gasteiger partial charge in [-0.15, -0.1) is 0 Å². The number of Topliss-reactive ketones (excluding diaryl/α,β-unsaturated/α-hetero) is 1. The van der Waals surface area contributed by atoms with E-state index < -0.39 is 28.9 Å². The van der Waals surface area contributed by atoms with E-state index in [1.54, 1.807) is 19.1 Å². The molecule has 0 aliphatic heterocycles. The van der Waals surface area contributed by atoms with E-state index in [1.807, 2.05) is 0 Å². The quantitative estimate of drug-likeness (QED) is 0.788. The molecular weight excluding hydrogens is 364 g/mol. The minimum atomic E-state index is -2.08. The smallest absolute Gasteiger partial charge is 0.339 e. The molecule has 2 aliphatic rings. The predicted octanol–water partition coefficient (Wildman–Crippen LogP) is 2.68. The Morgan fingerprint density at radius 1 is 1.32 bits per heavy atom. The van der Waals surface area contributed by atoms with Crippen molar-refractivity contribution in [2.75, 3.05) is 13.7 Å². The molecule has 152 valence electrons. The SMILES string of the molecule is CCOC(=O)C1(O)CC(c2ccco2)C(C(=O)OC)=CC12CCCCCC2=O. The van der Waals surface area contributed by atoms with Gasteiger partial charge in [0.1, 0.15) is 11.5 Å². The fourth-order valence-corrected chi connectivity index (χ4v) is 4.47. The number of carbonyl (C=O) groups excluding carboxylic acids is 3. The molecule has 7 nitrogen and oxygen atoms in total. The summed E-state index contributed by atoms with van der Waals surface area (Å²) in [5.74, 6) is -2.01. The molecule has 1 N–H and O–H groups in total. The van der Waals surface area contributed by atoms with E-state index in [4.69, 9.17) is 13.9 Å². The minimum absolute atomic E-state index is 0.0738. The lowest BCUT2D eigenvalue weighted by Crippen LogP contribution is -2.60. The molecule has 3 unspecified atom stereocenters. The van der Waals surface area contributed by atoms with E-state index in [1.165, 1.54) is 19.4 Å². The molecule has 1 aromatic heterocycles. The lowest BCUT2D eigenvalue weighted by molar-refractivity contribution is -0.185. The van der Waals surface area contributed by atoms with Gasteiger partial charge in [0.25, 0.3) is 0 Å². The van der Waals surface area contributed by atoms with Gasteiger partial charge in [-0.25, -0.2) is 9.59 Å². The number of aliphatic hydroxyl groups is 1. The number of ketones is 1. The molecule has 1 spiro atoms. The van der Waals surface area contributed by atoms with Gasteiger partial charge in [0.05, 0.1) is 31.3 Å². The first-order valence-electron chi connectivity index (χ1n) is 9.67. The molecule has 0 aromatic carbocycles. The van der Waals surface area contributed by atoms with Crippen molar-refractivity contribution in [2.45, 2.75) is 57.0 Å². The van der Waals surface area contributed by atoms with Crippen LogP contribution in [0.25, 0.3) is 0 Å². The highest BCUT2D eigenvalue weighted by Crippen LogP contribution is 2.54. The molecule has 1 aromatic rings. The summed E-state index contributed by atoms with van der Waals surface area (Å²) in [5.41, 5.74) is -3.37. The largest absolute Gasteiger partial charge is 0.469 e. The Kier molecular flexibility index (Phi) is 5.74. The number of methoxy groups -OCH3 is 1. The third-order valence-electron chi connectivity index (χ3n) is 5.91. The first kappa shape index (κ1) is 20.3. The van der Waals surface area contributed by atoms with Gasteiger partial charge in [0.15, 0.2) is 5.60 Å². The Morgan fingerprint density at radius 2 is 2.11 bits per heavy atom. The molecule has 0 saturated heterocycles. The highest BCUT2D eigenvalue weighted by atomic mass is 16.5. The van der Waals surface area contributed by atoms with E-state index in [-0.39, 0.29) is 37.2 Å². The van der Waals surface area contributed by atoms with Crippen molar-refractivity contribution in [2.24, 2.45) is 5.41 Å². The summed E-state index contributed by atoms with van der Waals surface area (Å²) in [6.07, 6.45) is 5.38. The van der Waals surface area contributed by atoms with Crippen molar-refractivity contribution < 1.29 is 33.4 Å². The van der Waals surface area contributed by atoms with Gasteiger partial charge in [-0.05, 0) is 31.9 Å². The zero-order valence-electron chi connectivity index (χ0n) is 16.2. The lowest BCUT2D eigenvalue weighted by atomic mass is 9.57. The number of esters is 2. The van der Waals surface area contributed by atoms with Crippen molar-refractivity contribution in [1.29, 1.82) is 0 Å². The maximum Gasteiger partial charge on any atom is 0.339 e. The second kappa shape index (κ2) is 7.91. The summed E-state index contributed by atoms with van der Waals surface area (Å²) in [4.78, 5) is 38.6. The number of ether oxygens (including phenoxy) is 2. The number of furan rings is 1. The summed E-state index contributed by atoms with van der Waals surface area (Å²) >= 11 is 0. The van der Waals surface area contributed by atoms with Crippen LogP contribution < -0.4 is 0 Å². The highest BCUT2D eigenvalue weighted by Gasteiger charge is 2.63. The highest BCUT2D eigenvalue weighted by molar-refractivity contribution is 6.00. The molecule has 1 saturated carbocycles. The molecule has 1 fully saturated rings. The first-order valence-corrected chi connectivity index (χ1v) is 9.67. The summed E-state index contributed by atoms with van der Waals surface area (Å²) < 4.78 is 15.6. The van der Waals surface area contributed by atoms with Crippen molar-refractivity contribution in [3.8, 4) is 0 Å². The molecule has 3 atom stereocenters. The van der Waals surface area contributed by atoms with Crippen molar-refractivity contribution in [3.63, 3.8) is 0 Å². The standard InChI is InChI=1S/C21H26O7/c1-3-27-19(24)21(25)13-14(16-8-7-11-28-16)15(18(23)26-2)12-20(21)10-6-4-5-9-17(20)22/h7-8,11-12,14,25H,3-6,9-10,13H2,1-2H3. The van der Waals surface area contributed by atoms with Crippen molar-refractivity contribution in [1.82, 2.24) is 0 Å². The van der Waals surface area contributed by atoms with E-state index in [2.05, 4.69) is 0 Å². The summed E-state index contributed by atoms with van der Waals surface area (Å²) in [7, 11) is 1.26. The fraction of sp³-hybridized carbons (Fsp3) is 0.571. The van der Waals surface area contributed by atoms with Crippen LogP contribution in [0.15, 0.2) is 34.5 Å². The topological polar surface area (TPSA) is 103 Å². The monoisotopic (exact) mass is 390 g/mol. The summed E-state index contributed by atoms with van der Waals surface area (Å²) in [6, 6.07) is 3.33. The maximum atomic E-state index is 13.2. The zero-order valence-corrected chi connectivity index (χ0v) is 16.2. The molecule has 1 heterocycles. The van der Waals surface area contributed by atoms with Crippen LogP contribution in [0, 0.1) is 5.41 Å². The second-order valence-corrected chi connectivity index (χ2v) is 7.40. The van der Waals surface area contributed by atoms with Crippen molar-refractivity contribution in [3.05, 3.63) is 35.8 Å². The molecular formula is C21H26O7. The van der Waals surface area contributed by atoms with Crippen LogP contribution in [0.4, 0.5) is 0 Å². The van der Waals surface area contributed by atoms with E-state index in [0.717, 1.165) is 6.42 Å². The molecule has 2 aliphatic carbocycles. The Balaban J connectivity index is 2.22. The molecule has 28 heavy (non-hydrogen) atoms. The fourth-order valence-electron chi connectivity index (χ4n) is 4.47. The van der Waals surface area contributed by atoms with Crippen LogP contribution in [-0.2, 0) is 23.9 Å². The van der Waals surface area contributed by atoms with Gasteiger partial charge in [0.2, 0.25) is 0 Å². The Hall–Kier alpha value is -2.41. The summed E-state index contributed by atoms with van der Waals surface area (Å²) in [5, 5.41) is 11.6. The number of rotatable bonds is 4. The van der Waals surface area contributed by atoms with Gasteiger partial charge >= 0.3 is 11.9 Å². The minimum Gasteiger partial charge on any atom is -0.469 e. The number of carbonyl (C=O) groups is 3. The van der Waals surface area contributed by atoms with Crippen LogP contribution in [-0.4, -0.2) is 42.1 Å². The number of hydrogen-bond donors (Lipinski definition) is 1. The maximum absolute atomic E-state index is 13.2. The predicted molar refractivity (Wildman–Crippen MR) is 98.3 cm³/mol. The van der Waals surface area contributed by atoms with Crippen LogP contribution in [0.1, 0.15) is 57.1 Å². The van der Waals surface area contributed by atoms with Crippen LogP contribution in [0.5, 0.6) is 0 Å². The van der Waals surface area contributed by atoms with Gasteiger partial charge in [-0.2, -0.15) is 0 Å². The molecule has 0 radical (unpaired) electrons. The van der Waals surface area contributed by atoms with Crippen molar-refractivity contribution >= 4 is 17.7 Å². The zero-order chi connectivity index (χ0) is 20.4. The lowest BCUT2D eigenvalue weighted by Gasteiger charge is -2.47. The van der Waals surface area contributed by atoms with Gasteiger partial charge < -0.3 is 19.0 Å².